The van der Waals surface area contributed by atoms with Crippen LogP contribution in [-0.2, 0) is 0 Å². The summed E-state index contributed by atoms with van der Waals surface area (Å²) in [4.78, 5) is 2.28. The summed E-state index contributed by atoms with van der Waals surface area (Å²) in [5.41, 5.74) is 1.33. The first-order chi connectivity index (χ1) is 5.72. The van der Waals surface area contributed by atoms with E-state index in [1.54, 1.807) is 0 Å². The highest BCUT2D eigenvalue weighted by atomic mass is 15.1. The third-order valence-corrected chi connectivity index (χ3v) is 1.87. The lowest BCUT2D eigenvalue weighted by Crippen LogP contribution is -2.16. The van der Waals surface area contributed by atoms with Crippen LogP contribution in [0.2, 0.25) is 0 Å². The summed E-state index contributed by atoms with van der Waals surface area (Å²) in [6, 6.07) is 0. The first-order valence-electron chi connectivity index (χ1n) is 4.76. The quantitative estimate of drug-likeness (QED) is 0.568. The summed E-state index contributed by atoms with van der Waals surface area (Å²) in [5, 5.41) is 0. The molecule has 0 amide bonds. The molecule has 0 saturated carbocycles. The number of rotatable bonds is 5. The Morgan fingerprint density at radius 1 is 1.33 bits per heavy atom. The van der Waals surface area contributed by atoms with Crippen molar-refractivity contribution < 1.29 is 0 Å². The Kier molecular flexibility index (Phi) is 6.54. The lowest BCUT2D eigenvalue weighted by Gasteiger charge is -2.18. The van der Waals surface area contributed by atoms with Crippen molar-refractivity contribution in [3.8, 4) is 0 Å². The van der Waals surface area contributed by atoms with E-state index in [-0.39, 0.29) is 0 Å². The first kappa shape index (κ1) is 11.3. The molecule has 12 heavy (non-hydrogen) atoms. The lowest BCUT2D eigenvalue weighted by molar-refractivity contribution is 0.418. The number of hydrogen-bond acceptors (Lipinski definition) is 1. The zero-order valence-electron chi connectivity index (χ0n) is 8.80. The fourth-order valence-corrected chi connectivity index (χ4v) is 0.982. The maximum atomic E-state index is 2.28. The molecule has 0 N–H and O–H groups in total. The van der Waals surface area contributed by atoms with Gasteiger partial charge in [-0.15, -0.1) is 0 Å². The van der Waals surface area contributed by atoms with Crippen molar-refractivity contribution in [2.75, 3.05) is 13.6 Å². The zero-order chi connectivity index (χ0) is 9.40. The fourth-order valence-electron chi connectivity index (χ4n) is 0.982. The minimum absolute atomic E-state index is 1.11. The van der Waals surface area contributed by atoms with Crippen LogP contribution < -0.4 is 0 Å². The summed E-state index contributed by atoms with van der Waals surface area (Å²) in [6.07, 6.45) is 8.78. The highest BCUT2D eigenvalue weighted by Crippen LogP contribution is 2.00. The third kappa shape index (κ3) is 5.00. The molecule has 0 unspecified atom stereocenters. The Morgan fingerprint density at radius 2 is 2.00 bits per heavy atom. The van der Waals surface area contributed by atoms with Crippen LogP contribution in [0.15, 0.2) is 23.9 Å². The highest BCUT2D eigenvalue weighted by molar-refractivity contribution is 5.09. The molecule has 0 rings (SSSR count). The van der Waals surface area contributed by atoms with Gasteiger partial charge in [-0.25, -0.2) is 0 Å². The normalized spacial score (nSPS) is 12.5. The van der Waals surface area contributed by atoms with Gasteiger partial charge in [0.25, 0.3) is 0 Å². The summed E-state index contributed by atoms with van der Waals surface area (Å²) >= 11 is 0. The van der Waals surface area contributed by atoms with Crippen molar-refractivity contribution in [1.29, 1.82) is 0 Å². The Balaban J connectivity index is 3.89. The molecule has 0 saturated heterocycles. The first-order valence-corrected chi connectivity index (χ1v) is 4.76. The van der Waals surface area contributed by atoms with E-state index in [0.29, 0.717) is 0 Å². The molecule has 0 aromatic carbocycles. The molecule has 1 heteroatoms. The second-order valence-corrected chi connectivity index (χ2v) is 3.07. The molecule has 0 radical (unpaired) electrons. The van der Waals surface area contributed by atoms with Gasteiger partial charge in [0, 0.05) is 19.3 Å². The van der Waals surface area contributed by atoms with E-state index in [0.717, 1.165) is 13.0 Å². The average molecular weight is 167 g/mol. The molecule has 0 aliphatic rings. The van der Waals surface area contributed by atoms with Gasteiger partial charge in [0.2, 0.25) is 0 Å². The predicted molar refractivity (Wildman–Crippen MR) is 56.1 cm³/mol. The summed E-state index contributed by atoms with van der Waals surface area (Å²) in [5.74, 6) is 0. The Bertz CT molecular complexity index is 156. The van der Waals surface area contributed by atoms with Gasteiger partial charge >= 0.3 is 0 Å². The minimum atomic E-state index is 1.11. The molecule has 0 bridgehead atoms. The lowest BCUT2D eigenvalue weighted by atomic mass is 10.3. The van der Waals surface area contributed by atoms with E-state index in [4.69, 9.17) is 0 Å². The molecular formula is C11H21N. The summed E-state index contributed by atoms with van der Waals surface area (Å²) in [7, 11) is 2.13. The van der Waals surface area contributed by atoms with Gasteiger partial charge < -0.3 is 4.90 Å². The monoisotopic (exact) mass is 167 g/mol. The van der Waals surface area contributed by atoms with Crippen LogP contribution in [0, 0.1) is 0 Å². The molecule has 0 atom stereocenters. The van der Waals surface area contributed by atoms with Gasteiger partial charge in [-0.05, 0) is 25.8 Å². The average Bonchev–Trinajstić information content (AvgIpc) is 2.05. The van der Waals surface area contributed by atoms with E-state index in [1.807, 2.05) is 0 Å². The predicted octanol–water partition coefficient (Wildman–Crippen LogP) is 3.20. The fraction of sp³-hybridized carbons (Fsp3) is 0.636. The van der Waals surface area contributed by atoms with Gasteiger partial charge in [0.15, 0.2) is 0 Å². The smallest absolute Gasteiger partial charge is 0.0169 e. The molecule has 0 aromatic rings. The maximum Gasteiger partial charge on any atom is 0.0169 e. The van der Waals surface area contributed by atoms with Crippen molar-refractivity contribution >= 4 is 0 Å². The van der Waals surface area contributed by atoms with E-state index >= 15 is 0 Å². The Hall–Kier alpha value is -0.720. The molecule has 0 heterocycles. The zero-order valence-corrected chi connectivity index (χ0v) is 8.80. The minimum Gasteiger partial charge on any atom is -0.378 e. The van der Waals surface area contributed by atoms with Crippen LogP contribution >= 0.6 is 0 Å². The van der Waals surface area contributed by atoms with Crippen molar-refractivity contribution in [1.82, 2.24) is 4.90 Å². The van der Waals surface area contributed by atoms with E-state index in [2.05, 4.69) is 50.9 Å². The van der Waals surface area contributed by atoms with E-state index in [9.17, 15) is 0 Å². The topological polar surface area (TPSA) is 3.24 Å². The summed E-state index contributed by atoms with van der Waals surface area (Å²) < 4.78 is 0. The highest BCUT2D eigenvalue weighted by Gasteiger charge is 1.93. The van der Waals surface area contributed by atoms with Crippen molar-refractivity contribution in [3.63, 3.8) is 0 Å². The number of allylic oxidation sites excluding steroid dienone is 4. The molecule has 0 aliphatic heterocycles. The largest absolute Gasteiger partial charge is 0.378 e. The molecule has 1 nitrogen and oxygen atoms in total. The second kappa shape index (κ2) is 6.96. The van der Waals surface area contributed by atoms with Gasteiger partial charge in [0.05, 0.1) is 0 Å². The van der Waals surface area contributed by atoms with Gasteiger partial charge in [0.1, 0.15) is 0 Å². The standard InChI is InChI=1S/C11H21N/c1-5-7-8-9-11(3)12(4)10-6-2/h7-9H,5-6,10H2,1-4H3/b8-7+,11-9-. The second-order valence-electron chi connectivity index (χ2n) is 3.07. The van der Waals surface area contributed by atoms with Crippen molar-refractivity contribution in [3.05, 3.63) is 23.9 Å². The van der Waals surface area contributed by atoms with Crippen LogP contribution in [0.5, 0.6) is 0 Å². The number of hydrogen-bond donors (Lipinski definition) is 0. The Labute approximate surface area is 76.8 Å². The molecular weight excluding hydrogens is 146 g/mol. The Morgan fingerprint density at radius 3 is 2.50 bits per heavy atom. The van der Waals surface area contributed by atoms with Crippen LogP contribution in [-0.4, -0.2) is 18.5 Å². The third-order valence-electron chi connectivity index (χ3n) is 1.87. The summed E-state index contributed by atoms with van der Waals surface area (Å²) in [6.45, 7) is 7.64. The van der Waals surface area contributed by atoms with Gasteiger partial charge in [-0.1, -0.05) is 26.0 Å². The van der Waals surface area contributed by atoms with Crippen LogP contribution in [0.25, 0.3) is 0 Å². The molecule has 0 aliphatic carbocycles. The molecule has 0 fully saturated rings. The van der Waals surface area contributed by atoms with E-state index < -0.39 is 0 Å². The van der Waals surface area contributed by atoms with Crippen LogP contribution in [0.4, 0.5) is 0 Å². The van der Waals surface area contributed by atoms with Gasteiger partial charge in [-0.3, -0.25) is 0 Å². The van der Waals surface area contributed by atoms with Gasteiger partial charge in [-0.2, -0.15) is 0 Å². The maximum absolute atomic E-state index is 2.28. The number of nitrogens with zero attached hydrogens (tertiary/aromatic N) is 1. The van der Waals surface area contributed by atoms with E-state index in [1.165, 1.54) is 12.1 Å². The van der Waals surface area contributed by atoms with Crippen LogP contribution in [0.1, 0.15) is 33.6 Å². The van der Waals surface area contributed by atoms with Crippen molar-refractivity contribution in [2.45, 2.75) is 33.6 Å². The molecule has 70 valence electrons. The molecule has 0 aromatic heterocycles. The van der Waals surface area contributed by atoms with Crippen molar-refractivity contribution in [2.24, 2.45) is 0 Å². The SMILES string of the molecule is CC/C=C/C=C(/C)N(C)CCC. The van der Waals surface area contributed by atoms with Crippen LogP contribution in [0.3, 0.4) is 0 Å². The molecule has 0 spiro atoms.